The van der Waals surface area contributed by atoms with Gasteiger partial charge >= 0.3 is 0 Å². The number of aromatic nitrogens is 1. The van der Waals surface area contributed by atoms with Crippen LogP contribution in [0.1, 0.15) is 0 Å². The molecule has 0 saturated carbocycles. The molecule has 0 aliphatic carbocycles. The Morgan fingerprint density at radius 3 is 3.00 bits per heavy atom. The van der Waals surface area contributed by atoms with Gasteiger partial charge in [-0.05, 0) is 12.1 Å². The molecule has 0 saturated heterocycles. The highest BCUT2D eigenvalue weighted by Crippen LogP contribution is 1.98. The monoisotopic (exact) mass is 110 g/mol. The summed E-state index contributed by atoms with van der Waals surface area (Å²) in [6.45, 7) is 0. The van der Waals surface area contributed by atoms with Crippen molar-refractivity contribution in [3.05, 3.63) is 24.4 Å². The fraction of sp³-hybridized carbons (Fsp3) is 0. The Morgan fingerprint density at radius 1 is 1.75 bits per heavy atom. The number of rotatable bonds is 1. The maximum atomic E-state index is 7.94. The molecule has 0 amide bonds. The third-order valence-corrected chi connectivity index (χ3v) is 0.667. The largest absolute Gasteiger partial charge is 0.319 e. The molecule has 1 heterocycles. The SMILES string of the molecule is OOc1[c]cccn1. The molecule has 1 aromatic rings. The molecule has 1 N–H and O–H groups in total. The van der Waals surface area contributed by atoms with Gasteiger partial charge in [-0.2, -0.15) is 0 Å². The Morgan fingerprint density at radius 2 is 2.62 bits per heavy atom. The van der Waals surface area contributed by atoms with E-state index >= 15 is 0 Å². The Balaban J connectivity index is 2.83. The van der Waals surface area contributed by atoms with Crippen molar-refractivity contribution in [2.75, 3.05) is 0 Å². The molecule has 1 rings (SSSR count). The summed E-state index contributed by atoms with van der Waals surface area (Å²) in [4.78, 5) is 7.32. The predicted octanol–water partition coefficient (Wildman–Crippen LogP) is 0.734. The van der Waals surface area contributed by atoms with Crippen LogP contribution in [0.4, 0.5) is 0 Å². The van der Waals surface area contributed by atoms with Crippen LogP contribution < -0.4 is 4.89 Å². The predicted molar refractivity (Wildman–Crippen MR) is 26.3 cm³/mol. The molecule has 0 unspecified atom stereocenters. The number of hydrogen-bond acceptors (Lipinski definition) is 3. The van der Waals surface area contributed by atoms with E-state index in [4.69, 9.17) is 5.26 Å². The summed E-state index contributed by atoms with van der Waals surface area (Å²) < 4.78 is 0. The zero-order valence-corrected chi connectivity index (χ0v) is 4.03. The van der Waals surface area contributed by atoms with Crippen molar-refractivity contribution in [3.63, 3.8) is 0 Å². The molecule has 0 aliphatic rings. The maximum absolute atomic E-state index is 7.94. The second kappa shape index (κ2) is 2.28. The molecule has 0 aromatic carbocycles. The summed E-state index contributed by atoms with van der Waals surface area (Å²) >= 11 is 0. The zero-order chi connectivity index (χ0) is 5.82. The highest BCUT2D eigenvalue weighted by Gasteiger charge is 1.85. The first-order chi connectivity index (χ1) is 3.93. The van der Waals surface area contributed by atoms with Gasteiger partial charge in [0.15, 0.2) is 0 Å². The van der Waals surface area contributed by atoms with Crippen molar-refractivity contribution in [1.29, 1.82) is 0 Å². The third kappa shape index (κ3) is 0.946. The quantitative estimate of drug-likeness (QED) is 0.428. The Bertz CT molecular complexity index is 152. The van der Waals surface area contributed by atoms with E-state index in [-0.39, 0.29) is 5.88 Å². The highest BCUT2D eigenvalue weighted by molar-refractivity contribution is 5.05. The van der Waals surface area contributed by atoms with Crippen LogP contribution in [0, 0.1) is 6.07 Å². The van der Waals surface area contributed by atoms with Gasteiger partial charge in [-0.15, -0.1) is 0 Å². The van der Waals surface area contributed by atoms with Gasteiger partial charge in [0, 0.05) is 6.20 Å². The first kappa shape index (κ1) is 5.05. The molecule has 0 atom stereocenters. The molecule has 41 valence electrons. The lowest BCUT2D eigenvalue weighted by molar-refractivity contribution is -0.141. The van der Waals surface area contributed by atoms with Gasteiger partial charge in [0.25, 0.3) is 5.88 Å². The van der Waals surface area contributed by atoms with Crippen molar-refractivity contribution in [2.24, 2.45) is 0 Å². The lowest BCUT2D eigenvalue weighted by atomic mass is 10.5. The van der Waals surface area contributed by atoms with Gasteiger partial charge in [-0.25, -0.2) is 10.2 Å². The summed E-state index contributed by atoms with van der Waals surface area (Å²) in [7, 11) is 0. The highest BCUT2D eigenvalue weighted by atomic mass is 17.1. The van der Waals surface area contributed by atoms with Crippen LogP contribution in [0.15, 0.2) is 18.3 Å². The van der Waals surface area contributed by atoms with Crippen LogP contribution in [-0.4, -0.2) is 10.2 Å². The number of hydrogen-bond donors (Lipinski definition) is 1. The van der Waals surface area contributed by atoms with Crippen LogP contribution in [0.25, 0.3) is 0 Å². The minimum atomic E-state index is 0.0903. The van der Waals surface area contributed by atoms with E-state index in [1.165, 1.54) is 6.20 Å². The standard InChI is InChI=1S/C5H4NO2/c7-8-5-3-1-2-4-6-5/h1-2,4,7H. The van der Waals surface area contributed by atoms with Crippen LogP contribution in [0.3, 0.4) is 0 Å². The van der Waals surface area contributed by atoms with E-state index in [2.05, 4.69) is 15.9 Å². The number of pyridine rings is 1. The summed E-state index contributed by atoms with van der Waals surface area (Å²) in [5, 5.41) is 7.94. The van der Waals surface area contributed by atoms with Crippen molar-refractivity contribution in [3.8, 4) is 5.88 Å². The van der Waals surface area contributed by atoms with Gasteiger partial charge in [-0.1, -0.05) is 0 Å². The molecule has 1 radical (unpaired) electrons. The second-order valence-corrected chi connectivity index (χ2v) is 1.18. The molecule has 3 nitrogen and oxygen atoms in total. The summed E-state index contributed by atoms with van der Waals surface area (Å²) in [6, 6.07) is 5.81. The molecular formula is C5H4NO2. The lowest BCUT2D eigenvalue weighted by Gasteiger charge is -1.88. The smallest absolute Gasteiger partial charge is 0.263 e. The third-order valence-electron chi connectivity index (χ3n) is 0.667. The van der Waals surface area contributed by atoms with Crippen molar-refractivity contribution in [1.82, 2.24) is 4.98 Å². The minimum Gasteiger partial charge on any atom is -0.319 e. The van der Waals surface area contributed by atoms with Crippen LogP contribution >= 0.6 is 0 Å². The first-order valence-electron chi connectivity index (χ1n) is 2.07. The van der Waals surface area contributed by atoms with Crippen molar-refractivity contribution in [2.45, 2.75) is 0 Å². The normalized spacial score (nSPS) is 8.62. The van der Waals surface area contributed by atoms with E-state index in [0.29, 0.717) is 0 Å². The topological polar surface area (TPSA) is 42.4 Å². The average molecular weight is 110 g/mol. The molecule has 0 aliphatic heterocycles. The fourth-order valence-corrected chi connectivity index (χ4v) is 0.360. The first-order valence-corrected chi connectivity index (χ1v) is 2.07. The van der Waals surface area contributed by atoms with E-state index in [1.54, 1.807) is 12.1 Å². The van der Waals surface area contributed by atoms with Gasteiger partial charge in [0.1, 0.15) is 0 Å². The van der Waals surface area contributed by atoms with E-state index < -0.39 is 0 Å². The minimum absolute atomic E-state index is 0.0903. The molecular weight excluding hydrogens is 106 g/mol. The molecule has 0 fully saturated rings. The Kier molecular flexibility index (Phi) is 1.44. The molecule has 0 bridgehead atoms. The fourth-order valence-electron chi connectivity index (χ4n) is 0.360. The van der Waals surface area contributed by atoms with Gasteiger partial charge < -0.3 is 4.89 Å². The molecule has 8 heavy (non-hydrogen) atoms. The second-order valence-electron chi connectivity index (χ2n) is 1.18. The van der Waals surface area contributed by atoms with Gasteiger partial charge in [-0.3, -0.25) is 0 Å². The lowest BCUT2D eigenvalue weighted by Crippen LogP contribution is -1.84. The molecule has 1 aromatic heterocycles. The summed E-state index contributed by atoms with van der Waals surface area (Å²) in [5.74, 6) is 0.0903. The van der Waals surface area contributed by atoms with E-state index in [0.717, 1.165) is 0 Å². The Hall–Kier alpha value is -1.09. The molecule has 0 spiro atoms. The summed E-state index contributed by atoms with van der Waals surface area (Å²) in [6.07, 6.45) is 1.50. The maximum Gasteiger partial charge on any atom is 0.263 e. The van der Waals surface area contributed by atoms with Crippen LogP contribution in [0.2, 0.25) is 0 Å². The van der Waals surface area contributed by atoms with E-state index in [1.807, 2.05) is 0 Å². The van der Waals surface area contributed by atoms with Gasteiger partial charge in [0.05, 0.1) is 6.07 Å². The summed E-state index contributed by atoms with van der Waals surface area (Å²) in [5.41, 5.74) is 0. The van der Waals surface area contributed by atoms with Crippen LogP contribution in [0.5, 0.6) is 5.88 Å². The van der Waals surface area contributed by atoms with Crippen LogP contribution in [-0.2, 0) is 0 Å². The number of nitrogens with zero attached hydrogens (tertiary/aromatic N) is 1. The average Bonchev–Trinajstić information content (AvgIpc) is 1.90. The van der Waals surface area contributed by atoms with Gasteiger partial charge in [0.2, 0.25) is 0 Å². The van der Waals surface area contributed by atoms with Crippen molar-refractivity contribution >= 4 is 0 Å². The zero-order valence-electron chi connectivity index (χ0n) is 4.03. The van der Waals surface area contributed by atoms with Crippen molar-refractivity contribution < 1.29 is 10.1 Å². The Labute approximate surface area is 46.5 Å². The molecule has 3 heteroatoms. The van der Waals surface area contributed by atoms with E-state index in [9.17, 15) is 0 Å².